The quantitative estimate of drug-likeness (QED) is 0.416. The summed E-state index contributed by atoms with van der Waals surface area (Å²) in [5.41, 5.74) is 1.11. The number of aliphatic imine (C=N–C) groups is 1. The highest BCUT2D eigenvalue weighted by Gasteiger charge is 2.04. The van der Waals surface area contributed by atoms with Gasteiger partial charge in [-0.25, -0.2) is 0 Å². The Labute approximate surface area is 145 Å². The lowest BCUT2D eigenvalue weighted by Crippen LogP contribution is -2.39. The van der Waals surface area contributed by atoms with E-state index < -0.39 is 0 Å². The molecule has 120 valence electrons. The van der Waals surface area contributed by atoms with Gasteiger partial charge in [-0.2, -0.15) is 0 Å². The number of benzene rings is 1. The maximum absolute atomic E-state index is 9.43. The highest BCUT2D eigenvalue weighted by Crippen LogP contribution is 2.11. The van der Waals surface area contributed by atoms with E-state index in [-0.39, 0.29) is 24.0 Å². The Morgan fingerprint density at radius 1 is 1.33 bits per heavy atom. The molecule has 5 heteroatoms. The second-order valence-electron chi connectivity index (χ2n) is 4.93. The van der Waals surface area contributed by atoms with Crippen LogP contribution in [-0.2, 0) is 6.42 Å². The molecule has 4 nitrogen and oxygen atoms in total. The van der Waals surface area contributed by atoms with Crippen LogP contribution in [0, 0.1) is 0 Å². The fourth-order valence-electron chi connectivity index (χ4n) is 1.97. The van der Waals surface area contributed by atoms with Gasteiger partial charge in [0.1, 0.15) is 5.75 Å². The molecule has 0 saturated heterocycles. The van der Waals surface area contributed by atoms with Crippen molar-refractivity contribution in [1.29, 1.82) is 0 Å². The van der Waals surface area contributed by atoms with Crippen molar-refractivity contribution < 1.29 is 5.11 Å². The number of hydrogen-bond acceptors (Lipinski definition) is 2. The SMILES string of the molecule is CCCCN(C)C(=NCCc1cccc(O)c1)NCC.I. The molecule has 0 bridgehead atoms. The lowest BCUT2D eigenvalue weighted by Gasteiger charge is -2.21. The van der Waals surface area contributed by atoms with Crippen molar-refractivity contribution >= 4 is 29.9 Å². The third-order valence-corrected chi connectivity index (χ3v) is 3.12. The van der Waals surface area contributed by atoms with Crippen molar-refractivity contribution in [3.05, 3.63) is 29.8 Å². The largest absolute Gasteiger partial charge is 0.508 e. The number of phenolic OH excluding ortho intramolecular Hbond substituents is 1. The lowest BCUT2D eigenvalue weighted by atomic mass is 10.1. The second-order valence-corrected chi connectivity index (χ2v) is 4.93. The number of rotatable bonds is 7. The molecule has 0 aliphatic heterocycles. The number of nitrogens with zero attached hydrogens (tertiary/aromatic N) is 2. The summed E-state index contributed by atoms with van der Waals surface area (Å²) in [7, 11) is 2.07. The number of halogens is 1. The number of guanidine groups is 1. The van der Waals surface area contributed by atoms with Gasteiger partial charge >= 0.3 is 0 Å². The van der Waals surface area contributed by atoms with Gasteiger partial charge < -0.3 is 15.3 Å². The Bertz CT molecular complexity index is 424. The third kappa shape index (κ3) is 8.14. The molecule has 0 aliphatic carbocycles. The molecule has 1 aromatic rings. The predicted molar refractivity (Wildman–Crippen MR) is 101 cm³/mol. The molecule has 0 fully saturated rings. The van der Waals surface area contributed by atoms with Crippen LogP contribution < -0.4 is 5.32 Å². The number of aromatic hydroxyl groups is 1. The molecule has 0 saturated carbocycles. The summed E-state index contributed by atoms with van der Waals surface area (Å²) in [6.07, 6.45) is 3.20. The lowest BCUT2D eigenvalue weighted by molar-refractivity contribution is 0.465. The molecule has 0 atom stereocenters. The van der Waals surface area contributed by atoms with Crippen LogP contribution in [0.25, 0.3) is 0 Å². The van der Waals surface area contributed by atoms with Crippen LogP contribution in [0.4, 0.5) is 0 Å². The van der Waals surface area contributed by atoms with Crippen molar-refractivity contribution in [3.63, 3.8) is 0 Å². The van der Waals surface area contributed by atoms with Crippen LogP contribution in [-0.4, -0.2) is 42.6 Å². The van der Waals surface area contributed by atoms with Crippen LogP contribution in [0.5, 0.6) is 5.75 Å². The first-order chi connectivity index (χ1) is 9.67. The van der Waals surface area contributed by atoms with E-state index in [1.54, 1.807) is 12.1 Å². The van der Waals surface area contributed by atoms with Crippen LogP contribution in [0.3, 0.4) is 0 Å². The van der Waals surface area contributed by atoms with Crippen LogP contribution in [0.2, 0.25) is 0 Å². The van der Waals surface area contributed by atoms with E-state index in [9.17, 15) is 5.11 Å². The third-order valence-electron chi connectivity index (χ3n) is 3.12. The Balaban J connectivity index is 0.00000400. The summed E-state index contributed by atoms with van der Waals surface area (Å²) < 4.78 is 0. The minimum absolute atomic E-state index is 0. The smallest absolute Gasteiger partial charge is 0.193 e. The van der Waals surface area contributed by atoms with Gasteiger partial charge in [-0.05, 0) is 37.5 Å². The minimum atomic E-state index is 0. The zero-order valence-electron chi connectivity index (χ0n) is 13.3. The topological polar surface area (TPSA) is 47.9 Å². The molecule has 0 heterocycles. The highest BCUT2D eigenvalue weighted by atomic mass is 127. The minimum Gasteiger partial charge on any atom is -0.508 e. The van der Waals surface area contributed by atoms with E-state index in [1.165, 1.54) is 12.8 Å². The molecule has 0 amide bonds. The molecule has 0 aliphatic rings. The Hall–Kier alpha value is -0.980. The normalized spacial score (nSPS) is 10.9. The van der Waals surface area contributed by atoms with Gasteiger partial charge in [0.2, 0.25) is 0 Å². The van der Waals surface area contributed by atoms with E-state index in [0.29, 0.717) is 5.75 Å². The fraction of sp³-hybridized carbons (Fsp3) is 0.562. The summed E-state index contributed by atoms with van der Waals surface area (Å²) in [6.45, 7) is 6.90. The highest BCUT2D eigenvalue weighted by molar-refractivity contribution is 14.0. The zero-order chi connectivity index (χ0) is 14.8. The monoisotopic (exact) mass is 405 g/mol. The molecule has 1 rings (SSSR count). The molecule has 0 radical (unpaired) electrons. The van der Waals surface area contributed by atoms with Crippen LogP contribution >= 0.6 is 24.0 Å². The number of nitrogens with one attached hydrogen (secondary N) is 1. The first-order valence-corrected chi connectivity index (χ1v) is 7.44. The predicted octanol–water partition coefficient (Wildman–Crippen LogP) is 3.25. The first-order valence-electron chi connectivity index (χ1n) is 7.44. The van der Waals surface area contributed by atoms with Crippen molar-refractivity contribution in [3.8, 4) is 5.75 Å². The van der Waals surface area contributed by atoms with E-state index in [0.717, 1.165) is 37.6 Å². The molecule has 0 spiro atoms. The van der Waals surface area contributed by atoms with Gasteiger partial charge in [0.15, 0.2) is 5.96 Å². The number of phenols is 1. The molecule has 0 unspecified atom stereocenters. The molecule has 1 aromatic carbocycles. The van der Waals surface area contributed by atoms with Crippen molar-refractivity contribution in [1.82, 2.24) is 10.2 Å². The van der Waals surface area contributed by atoms with Crippen molar-refractivity contribution in [2.45, 2.75) is 33.1 Å². The van der Waals surface area contributed by atoms with Crippen LogP contribution in [0.1, 0.15) is 32.3 Å². The number of unbranched alkanes of at least 4 members (excludes halogenated alkanes) is 1. The van der Waals surface area contributed by atoms with Gasteiger partial charge in [0.05, 0.1) is 0 Å². The first kappa shape index (κ1) is 20.0. The van der Waals surface area contributed by atoms with Crippen molar-refractivity contribution in [2.24, 2.45) is 4.99 Å². The summed E-state index contributed by atoms with van der Waals surface area (Å²) in [6, 6.07) is 7.37. The maximum atomic E-state index is 9.43. The number of hydrogen-bond donors (Lipinski definition) is 2. The van der Waals surface area contributed by atoms with E-state index in [4.69, 9.17) is 0 Å². The average molecular weight is 405 g/mol. The van der Waals surface area contributed by atoms with E-state index >= 15 is 0 Å². The molecular weight excluding hydrogens is 377 g/mol. The second kappa shape index (κ2) is 11.7. The summed E-state index contributed by atoms with van der Waals surface area (Å²) in [5, 5.41) is 12.8. The Kier molecular flexibility index (Phi) is 11.1. The Morgan fingerprint density at radius 3 is 2.71 bits per heavy atom. The Morgan fingerprint density at radius 2 is 2.10 bits per heavy atom. The molecule has 2 N–H and O–H groups in total. The van der Waals surface area contributed by atoms with Crippen LogP contribution in [0.15, 0.2) is 29.3 Å². The van der Waals surface area contributed by atoms with Gasteiger partial charge in [0.25, 0.3) is 0 Å². The summed E-state index contributed by atoms with van der Waals surface area (Å²) >= 11 is 0. The maximum Gasteiger partial charge on any atom is 0.193 e. The van der Waals surface area contributed by atoms with Gasteiger partial charge in [-0.15, -0.1) is 24.0 Å². The summed E-state index contributed by atoms with van der Waals surface area (Å²) in [4.78, 5) is 6.82. The van der Waals surface area contributed by atoms with E-state index in [2.05, 4.69) is 36.1 Å². The zero-order valence-corrected chi connectivity index (χ0v) is 15.6. The van der Waals surface area contributed by atoms with E-state index in [1.807, 2.05) is 12.1 Å². The fourth-order valence-corrected chi connectivity index (χ4v) is 1.97. The van der Waals surface area contributed by atoms with Gasteiger partial charge in [-0.1, -0.05) is 25.5 Å². The molecule has 0 aromatic heterocycles. The van der Waals surface area contributed by atoms with Gasteiger partial charge in [0, 0.05) is 26.7 Å². The molecule has 21 heavy (non-hydrogen) atoms. The van der Waals surface area contributed by atoms with Crippen molar-refractivity contribution in [2.75, 3.05) is 26.7 Å². The average Bonchev–Trinajstić information content (AvgIpc) is 2.44. The summed E-state index contributed by atoms with van der Waals surface area (Å²) in [5.74, 6) is 1.28. The standard InChI is InChI=1S/C16H27N3O.HI/c1-4-6-12-19(3)16(17-5-2)18-11-10-14-8-7-9-15(20)13-14;/h7-9,13,20H,4-6,10-12H2,1-3H3,(H,17,18);1H. The molecular formula is C16H28IN3O. The van der Waals surface area contributed by atoms with Gasteiger partial charge in [-0.3, -0.25) is 4.99 Å².